The van der Waals surface area contributed by atoms with Crippen LogP contribution in [0.2, 0.25) is 10.0 Å². The van der Waals surface area contributed by atoms with Crippen LogP contribution in [0.15, 0.2) is 27.7 Å². The molecule has 0 fully saturated rings. The maximum absolute atomic E-state index is 6.06. The van der Waals surface area contributed by atoms with E-state index in [0.717, 1.165) is 18.1 Å². The lowest BCUT2D eigenvalue weighted by Gasteiger charge is -2.22. The number of guanidine groups is 1. The van der Waals surface area contributed by atoms with E-state index in [1.54, 1.807) is 13.0 Å². The van der Waals surface area contributed by atoms with E-state index in [9.17, 15) is 0 Å². The maximum atomic E-state index is 6.06. The van der Waals surface area contributed by atoms with Crippen molar-refractivity contribution in [3.63, 3.8) is 0 Å². The molecule has 6 nitrogen and oxygen atoms in total. The van der Waals surface area contributed by atoms with Gasteiger partial charge in [0.05, 0.1) is 10.0 Å². The normalized spacial score (nSPS) is 11.6. The molecule has 1 aromatic heterocycles. The Balaban J connectivity index is 2.07. The summed E-state index contributed by atoms with van der Waals surface area (Å²) in [6.07, 6.45) is 0. The zero-order valence-corrected chi connectivity index (χ0v) is 14.8. The second-order valence-electron chi connectivity index (χ2n) is 5.00. The number of benzene rings is 1. The number of hydrogen-bond acceptors (Lipinski definition) is 4. The van der Waals surface area contributed by atoms with Gasteiger partial charge in [0.15, 0.2) is 11.8 Å². The van der Waals surface area contributed by atoms with Gasteiger partial charge in [0.25, 0.3) is 0 Å². The van der Waals surface area contributed by atoms with Crippen LogP contribution < -0.4 is 5.32 Å². The van der Waals surface area contributed by atoms with Gasteiger partial charge >= 0.3 is 0 Å². The van der Waals surface area contributed by atoms with Crippen LogP contribution in [0.5, 0.6) is 0 Å². The van der Waals surface area contributed by atoms with Gasteiger partial charge in [-0.3, -0.25) is 0 Å². The van der Waals surface area contributed by atoms with E-state index >= 15 is 0 Å². The van der Waals surface area contributed by atoms with E-state index in [2.05, 4.69) is 20.4 Å². The van der Waals surface area contributed by atoms with Crippen molar-refractivity contribution in [1.82, 2.24) is 20.4 Å². The fourth-order valence-electron chi connectivity index (χ4n) is 2.01. The predicted octanol–water partition coefficient (Wildman–Crippen LogP) is 3.28. The molecule has 0 spiro atoms. The Labute approximate surface area is 145 Å². The Morgan fingerprint density at radius 1 is 1.35 bits per heavy atom. The number of rotatable bonds is 5. The lowest BCUT2D eigenvalue weighted by Crippen LogP contribution is -2.38. The molecule has 23 heavy (non-hydrogen) atoms. The zero-order valence-electron chi connectivity index (χ0n) is 13.3. The van der Waals surface area contributed by atoms with Gasteiger partial charge in [-0.25, -0.2) is 4.99 Å². The van der Waals surface area contributed by atoms with Gasteiger partial charge in [-0.05, 0) is 24.6 Å². The SMILES string of the molecule is CCNC(=NCc1noc(C)n1)N(C)Cc1ccc(Cl)c(Cl)c1. The Kier molecular flexibility index (Phi) is 6.24. The zero-order chi connectivity index (χ0) is 16.8. The molecule has 0 radical (unpaired) electrons. The molecule has 0 aliphatic rings. The summed E-state index contributed by atoms with van der Waals surface area (Å²) in [4.78, 5) is 10.7. The molecule has 0 aliphatic carbocycles. The summed E-state index contributed by atoms with van der Waals surface area (Å²) in [6, 6.07) is 5.59. The van der Waals surface area contributed by atoms with Crippen LogP contribution in [-0.2, 0) is 13.1 Å². The average Bonchev–Trinajstić information content (AvgIpc) is 2.92. The van der Waals surface area contributed by atoms with Crippen LogP contribution in [-0.4, -0.2) is 34.6 Å². The first-order valence-electron chi connectivity index (χ1n) is 7.22. The summed E-state index contributed by atoms with van der Waals surface area (Å²) in [5.74, 6) is 1.84. The van der Waals surface area contributed by atoms with E-state index in [1.807, 2.05) is 31.0 Å². The quantitative estimate of drug-likeness (QED) is 0.658. The van der Waals surface area contributed by atoms with Crippen LogP contribution in [0.25, 0.3) is 0 Å². The molecular formula is C15H19Cl2N5O. The van der Waals surface area contributed by atoms with Crippen molar-refractivity contribution in [2.75, 3.05) is 13.6 Å². The minimum absolute atomic E-state index is 0.353. The molecule has 2 rings (SSSR count). The van der Waals surface area contributed by atoms with Crippen molar-refractivity contribution in [1.29, 1.82) is 0 Å². The van der Waals surface area contributed by atoms with Crippen molar-refractivity contribution >= 4 is 29.2 Å². The summed E-state index contributed by atoms with van der Waals surface area (Å²) in [6.45, 7) is 5.53. The minimum atomic E-state index is 0.353. The third-order valence-electron chi connectivity index (χ3n) is 3.04. The summed E-state index contributed by atoms with van der Waals surface area (Å²) in [5.41, 5.74) is 1.04. The predicted molar refractivity (Wildman–Crippen MR) is 91.8 cm³/mol. The highest BCUT2D eigenvalue weighted by Gasteiger charge is 2.09. The van der Waals surface area contributed by atoms with Crippen LogP contribution >= 0.6 is 23.2 Å². The first-order valence-corrected chi connectivity index (χ1v) is 7.97. The number of aryl methyl sites for hydroxylation is 1. The molecular weight excluding hydrogens is 337 g/mol. The molecule has 0 unspecified atom stereocenters. The van der Waals surface area contributed by atoms with Crippen molar-refractivity contribution in [3.8, 4) is 0 Å². The molecule has 0 atom stereocenters. The Morgan fingerprint density at radius 2 is 2.13 bits per heavy atom. The van der Waals surface area contributed by atoms with E-state index in [0.29, 0.717) is 34.8 Å². The molecule has 0 amide bonds. The fraction of sp³-hybridized carbons (Fsp3) is 0.400. The Hall–Kier alpha value is -1.79. The lowest BCUT2D eigenvalue weighted by atomic mass is 10.2. The number of aliphatic imine (C=N–C) groups is 1. The van der Waals surface area contributed by atoms with E-state index < -0.39 is 0 Å². The molecule has 1 N–H and O–H groups in total. The molecule has 2 aromatic rings. The first-order chi connectivity index (χ1) is 11.0. The molecule has 1 heterocycles. The van der Waals surface area contributed by atoms with Crippen LogP contribution in [0.3, 0.4) is 0 Å². The van der Waals surface area contributed by atoms with Crippen molar-refractivity contribution < 1.29 is 4.52 Å². The minimum Gasteiger partial charge on any atom is -0.357 e. The van der Waals surface area contributed by atoms with Gasteiger partial charge in [0.1, 0.15) is 6.54 Å². The third-order valence-corrected chi connectivity index (χ3v) is 3.78. The summed E-state index contributed by atoms with van der Waals surface area (Å²) >= 11 is 12.0. The van der Waals surface area contributed by atoms with E-state index in [1.165, 1.54) is 0 Å². The fourth-order valence-corrected chi connectivity index (χ4v) is 2.33. The average molecular weight is 356 g/mol. The number of nitrogens with one attached hydrogen (secondary N) is 1. The summed E-state index contributed by atoms with van der Waals surface area (Å²) < 4.78 is 4.95. The van der Waals surface area contributed by atoms with Gasteiger partial charge in [0, 0.05) is 27.1 Å². The summed E-state index contributed by atoms with van der Waals surface area (Å²) in [7, 11) is 1.95. The largest absolute Gasteiger partial charge is 0.357 e. The highest BCUT2D eigenvalue weighted by molar-refractivity contribution is 6.42. The van der Waals surface area contributed by atoms with Gasteiger partial charge in [-0.2, -0.15) is 4.98 Å². The van der Waals surface area contributed by atoms with E-state index in [4.69, 9.17) is 27.7 Å². The summed E-state index contributed by atoms with van der Waals surface area (Å²) in [5, 5.41) is 8.17. The highest BCUT2D eigenvalue weighted by atomic mass is 35.5. The Morgan fingerprint density at radius 3 is 2.74 bits per heavy atom. The molecule has 0 saturated carbocycles. The molecule has 8 heteroatoms. The number of hydrogen-bond donors (Lipinski definition) is 1. The molecule has 124 valence electrons. The van der Waals surface area contributed by atoms with E-state index in [-0.39, 0.29) is 0 Å². The van der Waals surface area contributed by atoms with Crippen molar-refractivity contribution in [2.24, 2.45) is 4.99 Å². The van der Waals surface area contributed by atoms with Crippen LogP contribution in [0.4, 0.5) is 0 Å². The first kappa shape index (κ1) is 17.6. The third kappa shape index (κ3) is 5.11. The van der Waals surface area contributed by atoms with Crippen molar-refractivity contribution in [3.05, 3.63) is 45.5 Å². The van der Waals surface area contributed by atoms with Crippen LogP contribution in [0, 0.1) is 6.92 Å². The molecule has 0 bridgehead atoms. The number of halogens is 2. The maximum Gasteiger partial charge on any atom is 0.223 e. The number of aromatic nitrogens is 2. The smallest absolute Gasteiger partial charge is 0.223 e. The monoisotopic (exact) mass is 355 g/mol. The Bertz CT molecular complexity index is 686. The second kappa shape index (κ2) is 8.17. The van der Waals surface area contributed by atoms with Gasteiger partial charge in [-0.15, -0.1) is 0 Å². The lowest BCUT2D eigenvalue weighted by molar-refractivity contribution is 0.387. The molecule has 1 aromatic carbocycles. The van der Waals surface area contributed by atoms with Crippen molar-refractivity contribution in [2.45, 2.75) is 26.9 Å². The highest BCUT2D eigenvalue weighted by Crippen LogP contribution is 2.23. The number of nitrogens with zero attached hydrogens (tertiary/aromatic N) is 4. The van der Waals surface area contributed by atoms with Gasteiger partial charge in [0.2, 0.25) is 5.89 Å². The standard InChI is InChI=1S/C15H19Cl2N5O/c1-4-18-15(19-8-14-20-10(2)23-21-14)22(3)9-11-5-6-12(16)13(17)7-11/h5-7H,4,8-9H2,1-3H3,(H,18,19). The second-order valence-corrected chi connectivity index (χ2v) is 5.82. The van der Waals surface area contributed by atoms with Gasteiger partial charge < -0.3 is 14.7 Å². The molecule has 0 saturated heterocycles. The van der Waals surface area contributed by atoms with Gasteiger partial charge in [-0.1, -0.05) is 34.4 Å². The van der Waals surface area contributed by atoms with Crippen LogP contribution in [0.1, 0.15) is 24.2 Å². The topological polar surface area (TPSA) is 66.5 Å². The molecule has 0 aliphatic heterocycles.